The van der Waals surface area contributed by atoms with Crippen LogP contribution in [0, 0.1) is 0 Å². The SMILES string of the molecule is Cn1cnc(S(=O)(=O)Oc2cccc(C(=O)NCc3ccccc3)c2)c1Cl. The minimum Gasteiger partial charge on any atom is -0.378 e. The monoisotopic (exact) mass is 405 g/mol. The van der Waals surface area contributed by atoms with Crippen LogP contribution in [0.25, 0.3) is 0 Å². The van der Waals surface area contributed by atoms with E-state index in [2.05, 4.69) is 10.3 Å². The summed E-state index contributed by atoms with van der Waals surface area (Å²) in [4.78, 5) is 16.1. The second kappa shape index (κ2) is 7.81. The summed E-state index contributed by atoms with van der Waals surface area (Å²) in [6.45, 7) is 0.354. The van der Waals surface area contributed by atoms with Gasteiger partial charge in [0.15, 0.2) is 5.15 Å². The largest absolute Gasteiger partial charge is 0.378 e. The standard InChI is InChI=1S/C18H16ClN3O4S/c1-22-12-21-18(16(22)19)27(24,25)26-15-9-5-8-14(10-15)17(23)20-11-13-6-3-2-4-7-13/h2-10,12H,11H2,1H3,(H,20,23). The summed E-state index contributed by atoms with van der Waals surface area (Å²) in [7, 11) is -2.65. The molecule has 0 unspecified atom stereocenters. The molecule has 0 aliphatic rings. The van der Waals surface area contributed by atoms with Crippen LogP contribution in [0.3, 0.4) is 0 Å². The Kier molecular flexibility index (Phi) is 5.48. The molecule has 1 aromatic heterocycles. The van der Waals surface area contributed by atoms with Gasteiger partial charge >= 0.3 is 10.1 Å². The first-order chi connectivity index (χ1) is 12.9. The van der Waals surface area contributed by atoms with Gasteiger partial charge < -0.3 is 14.1 Å². The van der Waals surface area contributed by atoms with E-state index < -0.39 is 10.1 Å². The second-order valence-corrected chi connectivity index (χ2v) is 7.50. The highest BCUT2D eigenvalue weighted by Gasteiger charge is 2.25. The van der Waals surface area contributed by atoms with Crippen molar-refractivity contribution in [1.82, 2.24) is 14.9 Å². The highest BCUT2D eigenvalue weighted by molar-refractivity contribution is 7.87. The number of hydrogen-bond acceptors (Lipinski definition) is 5. The van der Waals surface area contributed by atoms with Crippen molar-refractivity contribution in [3.8, 4) is 5.75 Å². The number of nitrogens with one attached hydrogen (secondary N) is 1. The topological polar surface area (TPSA) is 90.3 Å². The molecular weight excluding hydrogens is 390 g/mol. The normalized spacial score (nSPS) is 11.2. The Morgan fingerprint density at radius 3 is 2.59 bits per heavy atom. The van der Waals surface area contributed by atoms with E-state index in [9.17, 15) is 13.2 Å². The predicted octanol–water partition coefficient (Wildman–Crippen LogP) is 2.77. The van der Waals surface area contributed by atoms with Gasteiger partial charge in [0.2, 0.25) is 5.03 Å². The Balaban J connectivity index is 1.73. The number of aromatic nitrogens is 2. The van der Waals surface area contributed by atoms with Crippen molar-refractivity contribution in [2.75, 3.05) is 0 Å². The molecule has 1 heterocycles. The molecule has 0 radical (unpaired) electrons. The van der Waals surface area contributed by atoms with E-state index in [1.165, 1.54) is 29.1 Å². The molecule has 3 aromatic rings. The zero-order chi connectivity index (χ0) is 19.4. The molecule has 1 amide bonds. The third-order valence-corrected chi connectivity index (χ3v) is 5.41. The minimum absolute atomic E-state index is 0.0101. The number of imidazole rings is 1. The van der Waals surface area contributed by atoms with E-state index in [-0.39, 0.29) is 27.4 Å². The number of nitrogens with zero attached hydrogens (tertiary/aromatic N) is 2. The number of benzene rings is 2. The fourth-order valence-corrected chi connectivity index (χ4v) is 3.64. The maximum atomic E-state index is 12.3. The van der Waals surface area contributed by atoms with Gasteiger partial charge in [0.1, 0.15) is 5.75 Å². The molecule has 0 fully saturated rings. The van der Waals surface area contributed by atoms with Crippen molar-refractivity contribution >= 4 is 27.6 Å². The molecule has 9 heteroatoms. The lowest BCUT2D eigenvalue weighted by atomic mass is 10.2. The first-order valence-electron chi connectivity index (χ1n) is 7.90. The van der Waals surface area contributed by atoms with E-state index >= 15 is 0 Å². The van der Waals surface area contributed by atoms with Crippen LogP contribution in [0.1, 0.15) is 15.9 Å². The number of carbonyl (C=O) groups excluding carboxylic acids is 1. The zero-order valence-corrected chi connectivity index (χ0v) is 15.9. The van der Waals surface area contributed by atoms with Gasteiger partial charge in [0.05, 0.1) is 6.33 Å². The Bertz CT molecular complexity index is 1070. The number of halogens is 1. The molecule has 1 N–H and O–H groups in total. The summed E-state index contributed by atoms with van der Waals surface area (Å²) in [5.41, 5.74) is 1.22. The number of amides is 1. The van der Waals surface area contributed by atoms with Crippen molar-refractivity contribution in [3.05, 3.63) is 77.2 Å². The third-order valence-electron chi connectivity index (χ3n) is 3.67. The molecule has 0 aliphatic heterocycles. The quantitative estimate of drug-likeness (QED) is 0.637. The molecule has 0 aliphatic carbocycles. The van der Waals surface area contributed by atoms with Crippen LogP contribution in [-0.4, -0.2) is 23.9 Å². The Morgan fingerprint density at radius 1 is 1.19 bits per heavy atom. The highest BCUT2D eigenvalue weighted by atomic mass is 35.5. The maximum absolute atomic E-state index is 12.3. The molecule has 27 heavy (non-hydrogen) atoms. The van der Waals surface area contributed by atoms with Crippen molar-refractivity contribution in [2.24, 2.45) is 7.05 Å². The maximum Gasteiger partial charge on any atom is 0.360 e. The van der Waals surface area contributed by atoms with Gasteiger partial charge in [-0.25, -0.2) is 4.98 Å². The Labute approximate surface area is 161 Å². The van der Waals surface area contributed by atoms with Crippen molar-refractivity contribution in [1.29, 1.82) is 0 Å². The van der Waals surface area contributed by atoms with E-state index in [0.29, 0.717) is 6.54 Å². The first-order valence-corrected chi connectivity index (χ1v) is 9.69. The van der Waals surface area contributed by atoms with Gasteiger partial charge in [-0.05, 0) is 23.8 Å². The van der Waals surface area contributed by atoms with Crippen LogP contribution in [0.5, 0.6) is 5.75 Å². The molecular formula is C18H16ClN3O4S. The predicted molar refractivity (Wildman–Crippen MR) is 100 cm³/mol. The van der Waals surface area contributed by atoms with E-state index in [4.69, 9.17) is 15.8 Å². The average Bonchev–Trinajstić information content (AvgIpc) is 3.00. The lowest BCUT2D eigenvalue weighted by Gasteiger charge is -2.08. The van der Waals surface area contributed by atoms with Crippen molar-refractivity contribution < 1.29 is 17.4 Å². The van der Waals surface area contributed by atoms with Gasteiger partial charge in [0, 0.05) is 19.2 Å². The fourth-order valence-electron chi connectivity index (χ4n) is 2.30. The van der Waals surface area contributed by atoms with Gasteiger partial charge in [-0.2, -0.15) is 8.42 Å². The Morgan fingerprint density at radius 2 is 1.93 bits per heavy atom. The summed E-state index contributed by atoms with van der Waals surface area (Å²) in [5.74, 6) is -0.360. The summed E-state index contributed by atoms with van der Waals surface area (Å²) in [6.07, 6.45) is 1.27. The molecule has 140 valence electrons. The molecule has 0 atom stereocenters. The molecule has 0 saturated carbocycles. The molecule has 0 spiro atoms. The van der Waals surface area contributed by atoms with Gasteiger partial charge in [-0.3, -0.25) is 4.79 Å². The second-order valence-electron chi connectivity index (χ2n) is 5.69. The molecule has 0 bridgehead atoms. The highest BCUT2D eigenvalue weighted by Crippen LogP contribution is 2.24. The van der Waals surface area contributed by atoms with Crippen LogP contribution in [0.2, 0.25) is 5.15 Å². The van der Waals surface area contributed by atoms with E-state index in [1.54, 1.807) is 13.1 Å². The van der Waals surface area contributed by atoms with Crippen LogP contribution >= 0.6 is 11.6 Å². The Hall–Kier alpha value is -2.84. The lowest BCUT2D eigenvalue weighted by molar-refractivity contribution is 0.0950. The van der Waals surface area contributed by atoms with Crippen molar-refractivity contribution in [2.45, 2.75) is 11.6 Å². The molecule has 2 aromatic carbocycles. The fraction of sp³-hybridized carbons (Fsp3) is 0.111. The summed E-state index contributed by atoms with van der Waals surface area (Å²) < 4.78 is 31.1. The molecule has 0 saturated heterocycles. The number of carbonyl (C=O) groups is 1. The van der Waals surface area contributed by atoms with Crippen LogP contribution in [0.4, 0.5) is 0 Å². The van der Waals surface area contributed by atoms with Gasteiger partial charge in [-0.1, -0.05) is 48.0 Å². The molecule has 3 rings (SSSR count). The summed E-state index contributed by atoms with van der Waals surface area (Å²) in [5, 5.41) is 2.32. The van der Waals surface area contributed by atoms with Crippen LogP contribution < -0.4 is 9.50 Å². The number of rotatable bonds is 6. The third kappa shape index (κ3) is 4.47. The van der Waals surface area contributed by atoms with Gasteiger partial charge in [-0.15, -0.1) is 0 Å². The first kappa shape index (κ1) is 18.9. The lowest BCUT2D eigenvalue weighted by Crippen LogP contribution is -2.22. The van der Waals surface area contributed by atoms with Gasteiger partial charge in [0.25, 0.3) is 5.91 Å². The zero-order valence-electron chi connectivity index (χ0n) is 14.3. The minimum atomic E-state index is -4.22. The van der Waals surface area contributed by atoms with Crippen molar-refractivity contribution in [3.63, 3.8) is 0 Å². The molecule has 7 nitrogen and oxygen atoms in total. The van der Waals surface area contributed by atoms with E-state index in [1.807, 2.05) is 30.3 Å². The summed E-state index contributed by atoms with van der Waals surface area (Å²) in [6, 6.07) is 15.3. The van der Waals surface area contributed by atoms with Crippen LogP contribution in [-0.2, 0) is 23.7 Å². The van der Waals surface area contributed by atoms with E-state index in [0.717, 1.165) is 5.56 Å². The summed E-state index contributed by atoms with van der Waals surface area (Å²) >= 11 is 5.92. The number of hydrogen-bond donors (Lipinski definition) is 1. The smallest absolute Gasteiger partial charge is 0.360 e. The average molecular weight is 406 g/mol. The van der Waals surface area contributed by atoms with Crippen LogP contribution in [0.15, 0.2) is 66.0 Å². The number of aryl methyl sites for hydroxylation is 1.